The Bertz CT molecular complexity index is 819. The summed E-state index contributed by atoms with van der Waals surface area (Å²) in [5.41, 5.74) is 0. The molecule has 0 spiro atoms. The minimum absolute atomic E-state index is 0.118. The fourth-order valence-corrected chi connectivity index (χ4v) is 2.91. The first-order valence-electron chi connectivity index (χ1n) is 10.3. The summed E-state index contributed by atoms with van der Waals surface area (Å²) in [5.74, 6) is -56.8. The number of amides is 1. The predicted molar refractivity (Wildman–Crippen MR) is 96.2 cm³/mol. The van der Waals surface area contributed by atoms with E-state index in [1.165, 1.54) is 0 Å². The fourth-order valence-electron chi connectivity index (χ4n) is 2.91. The Labute approximate surface area is 203 Å². The summed E-state index contributed by atoms with van der Waals surface area (Å²) >= 11 is 0. The van der Waals surface area contributed by atoms with Crippen molar-refractivity contribution in [3.05, 3.63) is 12.7 Å². The number of carbonyl (C=O) groups is 1. The summed E-state index contributed by atoms with van der Waals surface area (Å²) in [6.45, 7) is 4.69. The Kier molecular flexibility index (Phi) is 10.7. The van der Waals surface area contributed by atoms with Crippen LogP contribution in [0.5, 0.6) is 0 Å². The molecule has 0 fully saturated rings. The number of nitrogens with zero attached hydrogens (tertiary/aromatic N) is 1. The molecule has 226 valence electrons. The standard InChI is InChI=1S/C19H20F17NO/c1-3-9-37(11(38)4-2)10-7-5-6-8-12(20,21)13(22,23)14(24,25)15(26,27)16(28,29)17(30,31)18(32,33)19(34,35)36/h4H,2-3,5-10H2,1H3. The second-order valence-electron chi connectivity index (χ2n) is 7.99. The van der Waals surface area contributed by atoms with Crippen molar-refractivity contribution in [1.82, 2.24) is 4.90 Å². The van der Waals surface area contributed by atoms with E-state index in [0.717, 1.165) is 11.0 Å². The molecule has 0 radical (unpaired) electrons. The van der Waals surface area contributed by atoms with Crippen LogP contribution < -0.4 is 0 Å². The number of unbranched alkanes of at least 4 members (excludes halogenated alkanes) is 2. The van der Waals surface area contributed by atoms with Crippen molar-refractivity contribution in [2.45, 2.75) is 86.7 Å². The van der Waals surface area contributed by atoms with Crippen LogP contribution in [0.4, 0.5) is 74.6 Å². The Morgan fingerprint density at radius 2 is 1.00 bits per heavy atom. The molecule has 0 aliphatic heterocycles. The lowest BCUT2D eigenvalue weighted by Gasteiger charge is -2.42. The van der Waals surface area contributed by atoms with Crippen molar-refractivity contribution in [3.8, 4) is 0 Å². The maximum Gasteiger partial charge on any atom is 0.460 e. The number of rotatable bonds is 15. The molecule has 0 atom stereocenters. The summed E-state index contributed by atoms with van der Waals surface area (Å²) in [6, 6.07) is 0. The molecular formula is C19H20F17NO. The molecule has 0 saturated heterocycles. The van der Waals surface area contributed by atoms with Crippen LogP contribution in [0.3, 0.4) is 0 Å². The predicted octanol–water partition coefficient (Wildman–Crippen LogP) is 7.98. The quantitative estimate of drug-likeness (QED) is 0.106. The van der Waals surface area contributed by atoms with Gasteiger partial charge in [0.05, 0.1) is 0 Å². The van der Waals surface area contributed by atoms with E-state index in [4.69, 9.17) is 0 Å². The summed E-state index contributed by atoms with van der Waals surface area (Å²) in [4.78, 5) is 12.6. The zero-order valence-corrected chi connectivity index (χ0v) is 19.0. The van der Waals surface area contributed by atoms with Crippen molar-refractivity contribution >= 4 is 5.91 Å². The van der Waals surface area contributed by atoms with E-state index in [9.17, 15) is 79.4 Å². The van der Waals surface area contributed by atoms with Crippen LogP contribution in [0.15, 0.2) is 12.7 Å². The van der Waals surface area contributed by atoms with Crippen LogP contribution >= 0.6 is 0 Å². The molecule has 0 aromatic carbocycles. The maximum absolute atomic E-state index is 13.8. The average molecular weight is 601 g/mol. The van der Waals surface area contributed by atoms with Crippen LogP contribution in [-0.4, -0.2) is 71.5 Å². The summed E-state index contributed by atoms with van der Waals surface area (Å²) in [7, 11) is 0. The van der Waals surface area contributed by atoms with Gasteiger partial charge in [-0.15, -0.1) is 0 Å². The lowest BCUT2D eigenvalue weighted by Crippen LogP contribution is -2.74. The van der Waals surface area contributed by atoms with Crippen LogP contribution in [0.1, 0.15) is 39.0 Å². The summed E-state index contributed by atoms with van der Waals surface area (Å²) in [6.07, 6.45) is -11.0. The molecule has 2 nitrogen and oxygen atoms in total. The zero-order valence-electron chi connectivity index (χ0n) is 19.0. The van der Waals surface area contributed by atoms with Crippen molar-refractivity contribution in [2.75, 3.05) is 13.1 Å². The van der Waals surface area contributed by atoms with Crippen LogP contribution in [0, 0.1) is 0 Å². The molecule has 19 heteroatoms. The smallest absolute Gasteiger partial charge is 0.339 e. The van der Waals surface area contributed by atoms with Crippen molar-refractivity contribution in [1.29, 1.82) is 0 Å². The summed E-state index contributed by atoms with van der Waals surface area (Å²) < 4.78 is 225. The van der Waals surface area contributed by atoms with E-state index >= 15 is 0 Å². The largest absolute Gasteiger partial charge is 0.460 e. The average Bonchev–Trinajstić information content (AvgIpc) is 2.75. The monoisotopic (exact) mass is 601 g/mol. The zero-order chi connectivity index (χ0) is 30.8. The number of hydrogen-bond acceptors (Lipinski definition) is 1. The van der Waals surface area contributed by atoms with Gasteiger partial charge in [-0.1, -0.05) is 19.9 Å². The molecule has 0 heterocycles. The van der Waals surface area contributed by atoms with Gasteiger partial charge in [-0.2, -0.15) is 74.6 Å². The molecule has 0 aliphatic carbocycles. The van der Waals surface area contributed by atoms with E-state index in [-0.39, 0.29) is 19.5 Å². The van der Waals surface area contributed by atoms with Crippen molar-refractivity contribution in [3.63, 3.8) is 0 Å². The highest BCUT2D eigenvalue weighted by atomic mass is 19.4. The number of hydrogen-bond donors (Lipinski definition) is 0. The third-order valence-corrected chi connectivity index (χ3v) is 5.19. The van der Waals surface area contributed by atoms with Gasteiger partial charge < -0.3 is 4.90 Å². The Balaban J connectivity index is 5.91. The van der Waals surface area contributed by atoms with Gasteiger partial charge in [-0.25, -0.2) is 0 Å². The van der Waals surface area contributed by atoms with Gasteiger partial charge in [-0.3, -0.25) is 4.79 Å². The Hall–Kier alpha value is -1.98. The highest BCUT2D eigenvalue weighted by molar-refractivity contribution is 5.86. The topological polar surface area (TPSA) is 20.3 Å². The molecule has 0 aliphatic rings. The first-order chi connectivity index (χ1) is 16.7. The SMILES string of the molecule is C=CC(=O)N(CCC)CCCCCC(F)(F)C(F)(F)C(F)(F)C(F)(F)C(F)(F)C(F)(F)C(F)(F)C(F)(F)F. The second-order valence-corrected chi connectivity index (χ2v) is 7.99. The van der Waals surface area contributed by atoms with Crippen LogP contribution in [-0.2, 0) is 4.79 Å². The van der Waals surface area contributed by atoms with Gasteiger partial charge in [0.15, 0.2) is 0 Å². The van der Waals surface area contributed by atoms with E-state index in [1.54, 1.807) is 6.92 Å². The molecule has 0 N–H and O–H groups in total. The van der Waals surface area contributed by atoms with Crippen molar-refractivity contribution in [2.24, 2.45) is 0 Å². The van der Waals surface area contributed by atoms with Crippen LogP contribution in [0.25, 0.3) is 0 Å². The molecular weight excluding hydrogens is 581 g/mol. The molecule has 0 unspecified atom stereocenters. The van der Waals surface area contributed by atoms with E-state index in [2.05, 4.69) is 6.58 Å². The number of carbonyl (C=O) groups excluding carboxylic acids is 1. The Morgan fingerprint density at radius 1 is 0.605 bits per heavy atom. The van der Waals surface area contributed by atoms with Gasteiger partial charge in [0.2, 0.25) is 5.91 Å². The minimum atomic E-state index is -8.62. The molecule has 0 aromatic heterocycles. The van der Waals surface area contributed by atoms with Gasteiger partial charge in [0, 0.05) is 19.5 Å². The third kappa shape index (κ3) is 5.94. The van der Waals surface area contributed by atoms with Gasteiger partial charge in [0.1, 0.15) is 0 Å². The van der Waals surface area contributed by atoms with Gasteiger partial charge >= 0.3 is 47.6 Å². The van der Waals surface area contributed by atoms with Crippen LogP contribution in [0.2, 0.25) is 0 Å². The molecule has 0 bridgehead atoms. The molecule has 0 rings (SSSR count). The normalized spacial score (nSPS) is 15.0. The first-order valence-corrected chi connectivity index (χ1v) is 10.3. The van der Waals surface area contributed by atoms with E-state index < -0.39 is 72.8 Å². The lowest BCUT2D eigenvalue weighted by atomic mass is 9.88. The van der Waals surface area contributed by atoms with Crippen molar-refractivity contribution < 1.29 is 79.4 Å². The van der Waals surface area contributed by atoms with Gasteiger partial charge in [0.25, 0.3) is 0 Å². The molecule has 38 heavy (non-hydrogen) atoms. The molecule has 0 saturated carbocycles. The van der Waals surface area contributed by atoms with E-state index in [1.807, 2.05) is 0 Å². The third-order valence-electron chi connectivity index (χ3n) is 5.19. The molecule has 1 amide bonds. The summed E-state index contributed by atoms with van der Waals surface area (Å²) in [5, 5.41) is 0. The van der Waals surface area contributed by atoms with E-state index in [0.29, 0.717) is 6.42 Å². The minimum Gasteiger partial charge on any atom is -0.339 e. The number of halogens is 17. The molecule has 0 aromatic rings. The highest BCUT2D eigenvalue weighted by Gasteiger charge is 2.95. The maximum atomic E-state index is 13.8. The lowest BCUT2D eigenvalue weighted by molar-refractivity contribution is -0.461. The number of alkyl halides is 17. The highest BCUT2D eigenvalue weighted by Crippen LogP contribution is 2.64. The fraction of sp³-hybridized carbons (Fsp3) is 0.842. The second kappa shape index (κ2) is 11.3. The Morgan fingerprint density at radius 3 is 1.37 bits per heavy atom. The first kappa shape index (κ1) is 36.0. The van der Waals surface area contributed by atoms with Gasteiger partial charge in [-0.05, 0) is 25.3 Å².